The van der Waals surface area contributed by atoms with Crippen molar-refractivity contribution in [1.29, 1.82) is 0 Å². The van der Waals surface area contributed by atoms with Gasteiger partial charge in [0.25, 0.3) is 0 Å². The molecule has 0 spiro atoms. The van der Waals surface area contributed by atoms with Gasteiger partial charge in [0.05, 0.1) is 7.11 Å². The number of methoxy groups -OCH3 is 1. The van der Waals surface area contributed by atoms with Gasteiger partial charge in [-0.2, -0.15) is 0 Å². The Kier molecular flexibility index (Phi) is 2.84. The van der Waals surface area contributed by atoms with Crippen LogP contribution < -0.4 is 4.74 Å². The Labute approximate surface area is 76.2 Å². The summed E-state index contributed by atoms with van der Waals surface area (Å²) in [5.41, 5.74) is 0.918. The van der Waals surface area contributed by atoms with Crippen LogP contribution in [0.1, 0.15) is 23.0 Å². The molecular formula is C9H11NO3. The number of aromatic carboxylic acids is 1. The maximum absolute atomic E-state index is 10.7. The maximum atomic E-state index is 10.7. The van der Waals surface area contributed by atoms with E-state index in [-0.39, 0.29) is 5.56 Å². The highest BCUT2D eigenvalue weighted by Gasteiger charge is 2.11. The fourth-order valence-corrected chi connectivity index (χ4v) is 1.00. The van der Waals surface area contributed by atoms with Crippen molar-refractivity contribution < 1.29 is 14.6 Å². The number of hydrogen-bond donors (Lipinski definition) is 1. The molecule has 0 aliphatic rings. The van der Waals surface area contributed by atoms with Crippen LogP contribution in [-0.4, -0.2) is 23.2 Å². The summed E-state index contributed by atoms with van der Waals surface area (Å²) < 4.78 is 4.93. The molecule has 0 amide bonds. The molecule has 0 atom stereocenters. The number of aryl methyl sites for hydroxylation is 1. The molecule has 4 nitrogen and oxygen atoms in total. The fourth-order valence-electron chi connectivity index (χ4n) is 1.00. The molecule has 70 valence electrons. The van der Waals surface area contributed by atoms with Crippen molar-refractivity contribution in [2.45, 2.75) is 13.3 Å². The minimum atomic E-state index is -1.02. The van der Waals surface area contributed by atoms with Crippen LogP contribution in [0.3, 0.4) is 0 Å². The molecule has 13 heavy (non-hydrogen) atoms. The lowest BCUT2D eigenvalue weighted by atomic mass is 10.2. The normalized spacial score (nSPS) is 9.69. The van der Waals surface area contributed by atoms with Gasteiger partial charge in [0.1, 0.15) is 11.3 Å². The number of rotatable bonds is 3. The first-order valence-electron chi connectivity index (χ1n) is 3.95. The van der Waals surface area contributed by atoms with E-state index in [2.05, 4.69) is 4.98 Å². The summed E-state index contributed by atoms with van der Waals surface area (Å²) in [7, 11) is 1.45. The van der Waals surface area contributed by atoms with E-state index in [1.165, 1.54) is 13.3 Å². The van der Waals surface area contributed by atoms with Crippen LogP contribution in [0.5, 0.6) is 5.75 Å². The Morgan fingerprint density at radius 2 is 2.38 bits per heavy atom. The average Bonchev–Trinajstić information content (AvgIpc) is 2.16. The van der Waals surface area contributed by atoms with Gasteiger partial charge >= 0.3 is 5.97 Å². The van der Waals surface area contributed by atoms with Crippen molar-refractivity contribution in [2.75, 3.05) is 7.11 Å². The SMILES string of the molecule is CCc1cc(OC)c(C(=O)O)cn1. The summed E-state index contributed by atoms with van der Waals surface area (Å²) in [6.45, 7) is 1.95. The molecule has 1 heterocycles. The first kappa shape index (κ1) is 9.51. The van der Waals surface area contributed by atoms with Crippen LogP contribution in [-0.2, 0) is 6.42 Å². The van der Waals surface area contributed by atoms with Gasteiger partial charge in [0, 0.05) is 18.0 Å². The molecule has 0 aliphatic heterocycles. The van der Waals surface area contributed by atoms with Gasteiger partial charge in [-0.25, -0.2) is 4.79 Å². The third-order valence-corrected chi connectivity index (χ3v) is 1.74. The maximum Gasteiger partial charge on any atom is 0.341 e. The summed E-state index contributed by atoms with van der Waals surface area (Å²) in [6.07, 6.45) is 2.08. The molecule has 0 saturated carbocycles. The number of ether oxygens (including phenoxy) is 1. The van der Waals surface area contributed by atoms with Crippen molar-refractivity contribution in [3.8, 4) is 5.75 Å². The number of hydrogen-bond acceptors (Lipinski definition) is 3. The van der Waals surface area contributed by atoms with E-state index >= 15 is 0 Å². The first-order chi connectivity index (χ1) is 6.19. The van der Waals surface area contributed by atoms with E-state index in [0.29, 0.717) is 5.75 Å². The van der Waals surface area contributed by atoms with Crippen LogP contribution in [0.25, 0.3) is 0 Å². The zero-order chi connectivity index (χ0) is 9.84. The second-order valence-electron chi connectivity index (χ2n) is 2.53. The number of aromatic nitrogens is 1. The van der Waals surface area contributed by atoms with E-state index < -0.39 is 5.97 Å². The van der Waals surface area contributed by atoms with E-state index in [9.17, 15) is 4.79 Å². The Bertz CT molecular complexity index is 323. The molecule has 0 aliphatic carbocycles. The third-order valence-electron chi connectivity index (χ3n) is 1.74. The Balaban J connectivity index is 3.15. The second-order valence-corrected chi connectivity index (χ2v) is 2.53. The molecule has 1 aromatic rings. The second kappa shape index (κ2) is 3.89. The molecule has 4 heteroatoms. The zero-order valence-corrected chi connectivity index (χ0v) is 7.57. The molecule has 0 radical (unpaired) electrons. The Morgan fingerprint density at radius 3 is 2.85 bits per heavy atom. The number of carbonyl (C=O) groups is 1. The number of carboxylic acid groups (broad SMARTS) is 1. The predicted octanol–water partition coefficient (Wildman–Crippen LogP) is 1.35. The minimum absolute atomic E-state index is 0.0969. The van der Waals surface area contributed by atoms with Gasteiger partial charge in [-0.3, -0.25) is 4.98 Å². The lowest BCUT2D eigenvalue weighted by Crippen LogP contribution is -2.02. The van der Waals surface area contributed by atoms with Crippen LogP contribution in [0.2, 0.25) is 0 Å². The monoisotopic (exact) mass is 181 g/mol. The van der Waals surface area contributed by atoms with Crippen LogP contribution in [0.4, 0.5) is 0 Å². The van der Waals surface area contributed by atoms with E-state index in [1.807, 2.05) is 6.92 Å². The number of pyridine rings is 1. The topological polar surface area (TPSA) is 59.4 Å². The molecule has 1 N–H and O–H groups in total. The summed E-state index contributed by atoms with van der Waals surface area (Å²) in [4.78, 5) is 14.6. The summed E-state index contributed by atoms with van der Waals surface area (Å²) in [5.74, 6) is -0.661. The molecule has 1 aromatic heterocycles. The lowest BCUT2D eigenvalue weighted by molar-refractivity contribution is 0.0693. The van der Waals surface area contributed by atoms with Crippen molar-refractivity contribution in [3.63, 3.8) is 0 Å². The molecule has 0 aromatic carbocycles. The predicted molar refractivity (Wildman–Crippen MR) is 47.1 cm³/mol. The Morgan fingerprint density at radius 1 is 1.69 bits per heavy atom. The Hall–Kier alpha value is -1.58. The van der Waals surface area contributed by atoms with Crippen LogP contribution >= 0.6 is 0 Å². The zero-order valence-electron chi connectivity index (χ0n) is 7.57. The van der Waals surface area contributed by atoms with Crippen molar-refractivity contribution in [1.82, 2.24) is 4.98 Å². The van der Waals surface area contributed by atoms with E-state index in [1.54, 1.807) is 6.07 Å². The highest BCUT2D eigenvalue weighted by atomic mass is 16.5. The highest BCUT2D eigenvalue weighted by molar-refractivity contribution is 5.90. The highest BCUT2D eigenvalue weighted by Crippen LogP contribution is 2.18. The fraction of sp³-hybridized carbons (Fsp3) is 0.333. The average molecular weight is 181 g/mol. The minimum Gasteiger partial charge on any atom is -0.496 e. The van der Waals surface area contributed by atoms with Gasteiger partial charge in [-0.15, -0.1) is 0 Å². The van der Waals surface area contributed by atoms with Gasteiger partial charge in [-0.1, -0.05) is 6.92 Å². The van der Waals surface area contributed by atoms with Crippen LogP contribution in [0, 0.1) is 0 Å². The first-order valence-corrected chi connectivity index (χ1v) is 3.95. The molecule has 1 rings (SSSR count). The standard InChI is InChI=1S/C9H11NO3/c1-3-6-4-8(13-2)7(5-10-6)9(11)12/h4-5H,3H2,1-2H3,(H,11,12). The lowest BCUT2D eigenvalue weighted by Gasteiger charge is -2.05. The van der Waals surface area contributed by atoms with Gasteiger partial charge in [-0.05, 0) is 6.42 Å². The van der Waals surface area contributed by atoms with Gasteiger partial charge in [0.2, 0.25) is 0 Å². The van der Waals surface area contributed by atoms with E-state index in [0.717, 1.165) is 12.1 Å². The van der Waals surface area contributed by atoms with Crippen LogP contribution in [0.15, 0.2) is 12.3 Å². The number of nitrogens with zero attached hydrogens (tertiary/aromatic N) is 1. The van der Waals surface area contributed by atoms with Gasteiger partial charge in [0.15, 0.2) is 0 Å². The smallest absolute Gasteiger partial charge is 0.341 e. The third kappa shape index (κ3) is 1.96. The number of carboxylic acids is 1. The summed E-state index contributed by atoms with van der Waals surface area (Å²) >= 11 is 0. The van der Waals surface area contributed by atoms with E-state index in [4.69, 9.17) is 9.84 Å². The quantitative estimate of drug-likeness (QED) is 0.764. The van der Waals surface area contributed by atoms with Gasteiger partial charge < -0.3 is 9.84 Å². The molecule has 0 bridgehead atoms. The van der Waals surface area contributed by atoms with Crippen molar-refractivity contribution >= 4 is 5.97 Å². The van der Waals surface area contributed by atoms with Crippen molar-refractivity contribution in [2.24, 2.45) is 0 Å². The van der Waals surface area contributed by atoms with Crippen molar-refractivity contribution in [3.05, 3.63) is 23.5 Å². The summed E-state index contributed by atoms with van der Waals surface area (Å²) in [6, 6.07) is 1.64. The molecule has 0 fully saturated rings. The largest absolute Gasteiger partial charge is 0.496 e. The molecule has 0 saturated heterocycles. The molecule has 0 unspecified atom stereocenters. The summed E-state index contributed by atoms with van der Waals surface area (Å²) in [5, 5.41) is 8.74. The molecular weight excluding hydrogens is 170 g/mol.